The van der Waals surface area contributed by atoms with Gasteiger partial charge in [-0.1, -0.05) is 26.8 Å². The molecule has 100 valence electrons. The highest BCUT2D eigenvalue weighted by Gasteiger charge is 2.13. The molecule has 0 saturated carbocycles. The van der Waals surface area contributed by atoms with Crippen LogP contribution in [-0.4, -0.2) is 16.0 Å². The third kappa shape index (κ3) is 4.40. The van der Waals surface area contributed by atoms with Gasteiger partial charge in [0.25, 0.3) is 0 Å². The van der Waals surface area contributed by atoms with Crippen molar-refractivity contribution in [3.8, 4) is 11.5 Å². The van der Waals surface area contributed by atoms with Crippen molar-refractivity contribution in [2.24, 2.45) is 5.92 Å². The molecule has 1 rings (SSSR count). The SMILES string of the molecule is CC(C)CC(=O)CCC(C)c1ccc(O)cc1O. The Hall–Kier alpha value is -1.51. The van der Waals surface area contributed by atoms with Crippen molar-refractivity contribution in [1.82, 2.24) is 0 Å². The molecule has 0 bridgehead atoms. The first-order valence-electron chi connectivity index (χ1n) is 6.43. The third-order valence-electron chi connectivity index (χ3n) is 3.04. The highest BCUT2D eigenvalue weighted by atomic mass is 16.3. The Labute approximate surface area is 108 Å². The van der Waals surface area contributed by atoms with Gasteiger partial charge in [-0.25, -0.2) is 0 Å². The number of hydrogen-bond acceptors (Lipinski definition) is 3. The number of ketones is 1. The molecule has 0 amide bonds. The molecule has 0 aliphatic carbocycles. The van der Waals surface area contributed by atoms with E-state index in [0.29, 0.717) is 18.8 Å². The second-order valence-electron chi connectivity index (χ2n) is 5.32. The molecule has 3 nitrogen and oxygen atoms in total. The minimum Gasteiger partial charge on any atom is -0.508 e. The Bertz CT molecular complexity index is 410. The lowest BCUT2D eigenvalue weighted by Gasteiger charge is -2.13. The lowest BCUT2D eigenvalue weighted by atomic mass is 9.92. The average molecular weight is 250 g/mol. The van der Waals surface area contributed by atoms with Crippen LogP contribution in [-0.2, 0) is 4.79 Å². The summed E-state index contributed by atoms with van der Waals surface area (Å²) in [4.78, 5) is 11.6. The van der Waals surface area contributed by atoms with Crippen LogP contribution in [0.15, 0.2) is 18.2 Å². The monoisotopic (exact) mass is 250 g/mol. The van der Waals surface area contributed by atoms with Crippen LogP contribution in [0.2, 0.25) is 0 Å². The predicted molar refractivity (Wildman–Crippen MR) is 71.9 cm³/mol. The molecule has 0 aliphatic rings. The summed E-state index contributed by atoms with van der Waals surface area (Å²) >= 11 is 0. The van der Waals surface area contributed by atoms with Crippen LogP contribution in [0.5, 0.6) is 11.5 Å². The van der Waals surface area contributed by atoms with Gasteiger partial charge in [-0.15, -0.1) is 0 Å². The molecule has 0 aromatic heterocycles. The van der Waals surface area contributed by atoms with Gasteiger partial charge in [-0.3, -0.25) is 4.79 Å². The molecule has 0 heterocycles. The number of rotatable bonds is 6. The molecule has 0 spiro atoms. The van der Waals surface area contributed by atoms with E-state index in [4.69, 9.17) is 0 Å². The highest BCUT2D eigenvalue weighted by Crippen LogP contribution is 2.31. The van der Waals surface area contributed by atoms with E-state index in [1.54, 1.807) is 12.1 Å². The summed E-state index contributed by atoms with van der Waals surface area (Å²) in [5.41, 5.74) is 0.783. The van der Waals surface area contributed by atoms with Crippen LogP contribution in [0.4, 0.5) is 0 Å². The van der Waals surface area contributed by atoms with Crippen molar-refractivity contribution >= 4 is 5.78 Å². The fourth-order valence-corrected chi connectivity index (χ4v) is 2.04. The van der Waals surface area contributed by atoms with Crippen molar-refractivity contribution in [3.05, 3.63) is 23.8 Å². The zero-order valence-corrected chi connectivity index (χ0v) is 11.3. The fourth-order valence-electron chi connectivity index (χ4n) is 2.04. The molecule has 0 radical (unpaired) electrons. The Morgan fingerprint density at radius 3 is 2.44 bits per heavy atom. The number of carbonyl (C=O) groups excluding carboxylic acids is 1. The summed E-state index contributed by atoms with van der Waals surface area (Å²) < 4.78 is 0. The van der Waals surface area contributed by atoms with Crippen LogP contribution < -0.4 is 0 Å². The van der Waals surface area contributed by atoms with Gasteiger partial charge in [0.05, 0.1) is 0 Å². The van der Waals surface area contributed by atoms with E-state index in [1.807, 2.05) is 20.8 Å². The number of carbonyl (C=O) groups is 1. The van der Waals surface area contributed by atoms with Crippen molar-refractivity contribution in [3.63, 3.8) is 0 Å². The maximum Gasteiger partial charge on any atom is 0.133 e. The van der Waals surface area contributed by atoms with E-state index >= 15 is 0 Å². The van der Waals surface area contributed by atoms with Gasteiger partial charge < -0.3 is 10.2 Å². The Balaban J connectivity index is 2.55. The van der Waals surface area contributed by atoms with E-state index in [2.05, 4.69) is 0 Å². The molecule has 1 aromatic rings. The van der Waals surface area contributed by atoms with Crippen LogP contribution in [0.25, 0.3) is 0 Å². The number of Topliss-reactive ketones (excluding diaryl/α,β-unsaturated/α-hetero) is 1. The summed E-state index contributed by atoms with van der Waals surface area (Å²) in [6, 6.07) is 4.60. The Morgan fingerprint density at radius 2 is 1.89 bits per heavy atom. The maximum absolute atomic E-state index is 11.6. The molecular weight excluding hydrogens is 228 g/mol. The van der Waals surface area contributed by atoms with Gasteiger partial charge in [0.1, 0.15) is 17.3 Å². The second kappa shape index (κ2) is 6.43. The molecule has 2 N–H and O–H groups in total. The summed E-state index contributed by atoms with van der Waals surface area (Å²) in [5, 5.41) is 18.9. The van der Waals surface area contributed by atoms with Crippen LogP contribution >= 0.6 is 0 Å². The summed E-state index contributed by atoms with van der Waals surface area (Å²) in [7, 11) is 0. The van der Waals surface area contributed by atoms with Crippen molar-refractivity contribution in [1.29, 1.82) is 0 Å². The zero-order valence-electron chi connectivity index (χ0n) is 11.3. The van der Waals surface area contributed by atoms with E-state index in [9.17, 15) is 15.0 Å². The quantitative estimate of drug-likeness (QED) is 0.811. The molecular formula is C15H22O3. The minimum atomic E-state index is 0.0549. The standard InChI is InChI=1S/C15H22O3/c1-10(2)8-12(16)5-4-11(3)14-7-6-13(17)9-15(14)18/h6-7,9-11,17-18H,4-5,8H2,1-3H3. The van der Waals surface area contributed by atoms with Gasteiger partial charge in [0, 0.05) is 18.9 Å². The second-order valence-corrected chi connectivity index (χ2v) is 5.32. The fraction of sp³-hybridized carbons (Fsp3) is 0.533. The molecule has 3 heteroatoms. The van der Waals surface area contributed by atoms with E-state index in [-0.39, 0.29) is 23.2 Å². The lowest BCUT2D eigenvalue weighted by molar-refractivity contribution is -0.119. The largest absolute Gasteiger partial charge is 0.508 e. The number of benzene rings is 1. The molecule has 1 atom stereocenters. The molecule has 0 fully saturated rings. The van der Waals surface area contributed by atoms with Crippen molar-refractivity contribution in [2.75, 3.05) is 0 Å². The molecule has 0 saturated heterocycles. The van der Waals surface area contributed by atoms with Crippen LogP contribution in [0.3, 0.4) is 0 Å². The summed E-state index contributed by atoms with van der Waals surface area (Å²) in [6.45, 7) is 6.05. The zero-order chi connectivity index (χ0) is 13.7. The van der Waals surface area contributed by atoms with Gasteiger partial charge in [0.15, 0.2) is 0 Å². The lowest BCUT2D eigenvalue weighted by Crippen LogP contribution is -2.05. The van der Waals surface area contributed by atoms with Crippen molar-refractivity contribution in [2.45, 2.75) is 46.0 Å². The molecule has 1 unspecified atom stereocenters. The first-order valence-corrected chi connectivity index (χ1v) is 6.43. The third-order valence-corrected chi connectivity index (χ3v) is 3.04. The topological polar surface area (TPSA) is 57.5 Å². The summed E-state index contributed by atoms with van der Waals surface area (Å²) in [5.74, 6) is 0.935. The Morgan fingerprint density at radius 1 is 1.22 bits per heavy atom. The van der Waals surface area contributed by atoms with E-state index in [1.165, 1.54) is 6.07 Å². The minimum absolute atomic E-state index is 0.0549. The smallest absolute Gasteiger partial charge is 0.133 e. The van der Waals surface area contributed by atoms with E-state index in [0.717, 1.165) is 12.0 Å². The number of phenols is 2. The average Bonchev–Trinajstić information content (AvgIpc) is 2.25. The summed E-state index contributed by atoms with van der Waals surface area (Å²) in [6.07, 6.45) is 1.89. The van der Waals surface area contributed by atoms with Gasteiger partial charge in [-0.2, -0.15) is 0 Å². The highest BCUT2D eigenvalue weighted by molar-refractivity contribution is 5.78. The predicted octanol–water partition coefficient (Wildman–Crippen LogP) is 3.60. The van der Waals surface area contributed by atoms with Crippen LogP contribution in [0.1, 0.15) is 51.5 Å². The normalized spacial score (nSPS) is 12.7. The van der Waals surface area contributed by atoms with Crippen molar-refractivity contribution < 1.29 is 15.0 Å². The molecule has 1 aromatic carbocycles. The van der Waals surface area contributed by atoms with Crippen LogP contribution in [0, 0.1) is 5.92 Å². The van der Waals surface area contributed by atoms with E-state index < -0.39 is 0 Å². The van der Waals surface area contributed by atoms with Gasteiger partial charge in [-0.05, 0) is 29.9 Å². The molecule has 18 heavy (non-hydrogen) atoms. The maximum atomic E-state index is 11.6. The number of hydrogen-bond donors (Lipinski definition) is 2. The first kappa shape index (κ1) is 14.6. The number of phenolic OH excluding ortho intramolecular Hbond substituents is 2. The number of aromatic hydroxyl groups is 2. The molecule has 0 aliphatic heterocycles. The first-order chi connectivity index (χ1) is 8.40. The van der Waals surface area contributed by atoms with Gasteiger partial charge >= 0.3 is 0 Å². The van der Waals surface area contributed by atoms with Gasteiger partial charge in [0.2, 0.25) is 0 Å². The Kier molecular flexibility index (Phi) is 5.20.